The zero-order valence-electron chi connectivity index (χ0n) is 15.0. The molecule has 144 valence electrons. The fraction of sp³-hybridized carbons (Fsp3) is 0.250. The second kappa shape index (κ2) is 7.89. The van der Waals surface area contributed by atoms with E-state index in [2.05, 4.69) is 26.1 Å². The van der Waals surface area contributed by atoms with Gasteiger partial charge in [-0.1, -0.05) is 15.9 Å². The summed E-state index contributed by atoms with van der Waals surface area (Å²) in [6, 6.07) is 10.8. The number of amides is 2. The maximum Gasteiger partial charge on any atom is 0.270 e. The number of carbonyl (C=O) groups excluding carboxylic acids is 2. The van der Waals surface area contributed by atoms with Gasteiger partial charge in [-0.15, -0.1) is 0 Å². The third-order valence-corrected chi connectivity index (χ3v) is 5.57. The van der Waals surface area contributed by atoms with Gasteiger partial charge in [-0.3, -0.25) is 19.8 Å². The first-order valence-electron chi connectivity index (χ1n) is 9.05. The Morgan fingerprint density at radius 3 is 2.46 bits per heavy atom. The Labute approximate surface area is 176 Å². The van der Waals surface area contributed by atoms with Crippen LogP contribution in [0.3, 0.4) is 0 Å². The van der Waals surface area contributed by atoms with Crippen molar-refractivity contribution in [2.45, 2.75) is 19.3 Å². The molecular weight excluding hydrogens is 442 g/mol. The average molecular weight is 460 g/mol. The molecule has 0 unspecified atom stereocenters. The maximum absolute atomic E-state index is 13.0. The molecule has 6 nitrogen and oxygen atoms in total. The molecule has 0 radical (unpaired) electrons. The summed E-state index contributed by atoms with van der Waals surface area (Å²) in [5.74, 6) is 0.212. The minimum atomic E-state index is -0.528. The third kappa shape index (κ3) is 3.74. The Kier molecular flexibility index (Phi) is 5.32. The van der Waals surface area contributed by atoms with Crippen molar-refractivity contribution in [1.29, 1.82) is 0 Å². The van der Waals surface area contributed by atoms with Gasteiger partial charge in [0.1, 0.15) is 11.3 Å². The van der Waals surface area contributed by atoms with E-state index in [1.54, 1.807) is 18.2 Å². The van der Waals surface area contributed by atoms with Gasteiger partial charge in [-0.25, -0.2) is 0 Å². The normalized spacial score (nSPS) is 19.3. The fourth-order valence-corrected chi connectivity index (χ4v) is 3.87. The van der Waals surface area contributed by atoms with Crippen LogP contribution in [0, 0.1) is 0 Å². The molecule has 0 spiro atoms. The van der Waals surface area contributed by atoms with Gasteiger partial charge in [0.05, 0.1) is 5.69 Å². The lowest BCUT2D eigenvalue weighted by Crippen LogP contribution is -2.54. The lowest BCUT2D eigenvalue weighted by molar-refractivity contribution is -0.122. The van der Waals surface area contributed by atoms with E-state index in [0.717, 1.165) is 36.3 Å². The van der Waals surface area contributed by atoms with Gasteiger partial charge >= 0.3 is 0 Å². The van der Waals surface area contributed by atoms with Crippen molar-refractivity contribution in [3.63, 3.8) is 0 Å². The molecule has 0 saturated carbocycles. The Morgan fingerprint density at radius 1 is 1.04 bits per heavy atom. The van der Waals surface area contributed by atoms with Gasteiger partial charge in [0.25, 0.3) is 11.8 Å². The molecule has 1 aromatic heterocycles. The summed E-state index contributed by atoms with van der Waals surface area (Å²) in [6.45, 7) is 1.91. The number of nitrogens with zero attached hydrogens (tertiary/aromatic N) is 2. The number of nitrogens with one attached hydrogen (secondary N) is 1. The minimum Gasteiger partial charge on any atom is -0.441 e. The highest BCUT2D eigenvalue weighted by molar-refractivity contribution is 9.10. The summed E-state index contributed by atoms with van der Waals surface area (Å²) in [4.78, 5) is 28.9. The molecule has 2 aromatic rings. The molecule has 0 bridgehead atoms. The smallest absolute Gasteiger partial charge is 0.270 e. The van der Waals surface area contributed by atoms with Gasteiger partial charge in [-0.05, 0) is 67.9 Å². The van der Waals surface area contributed by atoms with Crippen molar-refractivity contribution in [3.05, 3.63) is 52.2 Å². The largest absolute Gasteiger partial charge is 0.441 e. The molecule has 28 heavy (non-hydrogen) atoms. The first-order chi connectivity index (χ1) is 13.5. The van der Waals surface area contributed by atoms with E-state index in [4.69, 9.17) is 16.6 Å². The van der Waals surface area contributed by atoms with Crippen LogP contribution in [-0.2, 0) is 9.59 Å². The van der Waals surface area contributed by atoms with E-state index < -0.39 is 11.8 Å². The molecule has 0 aliphatic carbocycles. The zero-order chi connectivity index (χ0) is 19.7. The van der Waals surface area contributed by atoms with Gasteiger partial charge in [0.2, 0.25) is 0 Å². The van der Waals surface area contributed by atoms with Gasteiger partial charge in [0.15, 0.2) is 11.0 Å². The standard InChI is InChI=1S/C20H18BrN3O3S/c21-13-4-6-14(7-5-13)24-19(26)16(18(25)22-20(24)28)12-15-8-9-17(27-15)23-10-2-1-3-11-23/h4-9,12H,1-3,10-11H2,(H,22,25,28)/b16-12+. The van der Waals surface area contributed by atoms with E-state index in [9.17, 15) is 9.59 Å². The molecule has 0 atom stereocenters. The summed E-state index contributed by atoms with van der Waals surface area (Å²) in [7, 11) is 0. The van der Waals surface area contributed by atoms with Gasteiger partial charge in [-0.2, -0.15) is 0 Å². The Morgan fingerprint density at radius 2 is 1.75 bits per heavy atom. The number of piperidine rings is 1. The summed E-state index contributed by atoms with van der Waals surface area (Å²) in [5, 5.41) is 2.64. The lowest BCUT2D eigenvalue weighted by Gasteiger charge is -2.28. The van der Waals surface area contributed by atoms with Crippen LogP contribution in [0.15, 0.2) is 50.9 Å². The van der Waals surface area contributed by atoms with Crippen LogP contribution in [0.2, 0.25) is 0 Å². The van der Waals surface area contributed by atoms with E-state index in [0.29, 0.717) is 11.4 Å². The number of hydrogen-bond acceptors (Lipinski definition) is 5. The van der Waals surface area contributed by atoms with E-state index in [1.807, 2.05) is 18.2 Å². The highest BCUT2D eigenvalue weighted by Crippen LogP contribution is 2.26. The zero-order valence-corrected chi connectivity index (χ0v) is 17.4. The lowest BCUT2D eigenvalue weighted by atomic mass is 10.1. The molecule has 8 heteroatoms. The number of thiocarbonyl (C=S) groups is 1. The van der Waals surface area contributed by atoms with E-state index >= 15 is 0 Å². The molecule has 2 aliphatic rings. The van der Waals surface area contributed by atoms with E-state index in [-0.39, 0.29) is 10.7 Å². The highest BCUT2D eigenvalue weighted by atomic mass is 79.9. The van der Waals surface area contributed by atoms with Crippen molar-refractivity contribution in [3.8, 4) is 0 Å². The van der Waals surface area contributed by atoms with Crippen LogP contribution in [0.5, 0.6) is 0 Å². The monoisotopic (exact) mass is 459 g/mol. The summed E-state index contributed by atoms with van der Waals surface area (Å²) >= 11 is 8.57. The Bertz CT molecular complexity index is 961. The van der Waals surface area contributed by atoms with Crippen molar-refractivity contribution in [2.24, 2.45) is 0 Å². The second-order valence-electron chi connectivity index (χ2n) is 6.66. The Balaban J connectivity index is 1.61. The first kappa shape index (κ1) is 18.9. The number of carbonyl (C=O) groups is 2. The van der Waals surface area contributed by atoms with Crippen LogP contribution in [0.25, 0.3) is 6.08 Å². The molecule has 2 saturated heterocycles. The van der Waals surface area contributed by atoms with Crippen molar-refractivity contribution in [1.82, 2.24) is 5.32 Å². The number of halogens is 1. The van der Waals surface area contributed by atoms with Crippen LogP contribution in [0.4, 0.5) is 11.6 Å². The highest BCUT2D eigenvalue weighted by Gasteiger charge is 2.34. The fourth-order valence-electron chi connectivity index (χ4n) is 3.33. The van der Waals surface area contributed by atoms with Crippen LogP contribution < -0.4 is 15.1 Å². The first-order valence-corrected chi connectivity index (χ1v) is 10.2. The Hall–Kier alpha value is -2.45. The number of rotatable bonds is 3. The average Bonchev–Trinajstić information content (AvgIpc) is 3.16. The quantitative estimate of drug-likeness (QED) is 0.428. The van der Waals surface area contributed by atoms with E-state index in [1.165, 1.54) is 17.4 Å². The van der Waals surface area contributed by atoms with Crippen molar-refractivity contribution in [2.75, 3.05) is 22.9 Å². The molecule has 2 aliphatic heterocycles. The molecular formula is C20H18BrN3O3S. The molecule has 2 fully saturated rings. The second-order valence-corrected chi connectivity index (χ2v) is 7.96. The summed E-state index contributed by atoms with van der Waals surface area (Å²) < 4.78 is 6.75. The van der Waals surface area contributed by atoms with Crippen LogP contribution in [0.1, 0.15) is 25.0 Å². The summed E-state index contributed by atoms with van der Waals surface area (Å²) in [5.41, 5.74) is 0.564. The summed E-state index contributed by atoms with van der Waals surface area (Å²) in [6.07, 6.45) is 4.97. The number of anilines is 2. The van der Waals surface area contributed by atoms with Crippen molar-refractivity contribution >= 4 is 62.7 Å². The minimum absolute atomic E-state index is 0.0175. The maximum atomic E-state index is 13.0. The molecule has 1 N–H and O–H groups in total. The number of benzene rings is 1. The SMILES string of the molecule is O=C1NC(=S)N(c2ccc(Br)cc2)C(=O)/C1=C/c1ccc(N2CCCCC2)o1. The van der Waals surface area contributed by atoms with Gasteiger partial charge in [0, 0.05) is 23.6 Å². The third-order valence-electron chi connectivity index (χ3n) is 4.75. The predicted molar refractivity (Wildman–Crippen MR) is 115 cm³/mol. The van der Waals surface area contributed by atoms with Crippen molar-refractivity contribution < 1.29 is 14.0 Å². The topological polar surface area (TPSA) is 65.8 Å². The van der Waals surface area contributed by atoms with Gasteiger partial charge < -0.3 is 9.32 Å². The molecule has 3 heterocycles. The molecule has 4 rings (SSSR count). The predicted octanol–water partition coefficient (Wildman–Crippen LogP) is 3.86. The molecule has 2 amide bonds. The number of furan rings is 1. The van der Waals surface area contributed by atoms with Crippen LogP contribution >= 0.6 is 28.1 Å². The molecule has 1 aromatic carbocycles. The van der Waals surface area contributed by atoms with Crippen LogP contribution in [-0.4, -0.2) is 30.0 Å². The number of hydrogen-bond donors (Lipinski definition) is 1.